The molecule has 0 saturated heterocycles. The average Bonchev–Trinajstić information content (AvgIpc) is 3.18. The summed E-state index contributed by atoms with van der Waals surface area (Å²) in [4.78, 5) is 40.4. The number of likely N-dealkylation sites (N-methyl/N-ethyl adjacent to an activating group) is 1. The number of rotatable bonds is 44. The fraction of sp³-hybridized carbons (Fsp3) is 0.958. The topological polar surface area (TPSA) is 111 Å². The van der Waals surface area contributed by atoms with E-state index in [0.29, 0.717) is 11.0 Å². The van der Waals surface area contributed by atoms with E-state index in [1.807, 2.05) is 21.1 Å². The standard InChI is InChI=1S/C48H96NO8P/c1-8-12-16-20-24-26-30-33-37-44(36-32-28-22-18-14-10-3)47(50)54-42-46(43-56-58(52,53)55-41-40-49(5,6)7)57-48(51)45(38-34-29-23-19-15-11-4)39-35-31-27-25-21-17-13-9-2/h44-46H,8-43H2,1-7H3/t44?,45?,46-/m1/s1. The molecule has 0 aromatic heterocycles. The third-order valence-electron chi connectivity index (χ3n) is 11.4. The van der Waals surface area contributed by atoms with Crippen LogP contribution in [-0.4, -0.2) is 70.0 Å². The van der Waals surface area contributed by atoms with Crippen molar-refractivity contribution in [1.82, 2.24) is 0 Å². The molecule has 0 aromatic carbocycles. The number of ether oxygens (including phenoxy) is 2. The molecule has 346 valence electrons. The summed E-state index contributed by atoms with van der Waals surface area (Å²) in [6.45, 7) is 8.65. The van der Waals surface area contributed by atoms with Gasteiger partial charge in [-0.05, 0) is 25.7 Å². The third-order valence-corrected chi connectivity index (χ3v) is 12.4. The van der Waals surface area contributed by atoms with Crippen LogP contribution in [0.3, 0.4) is 0 Å². The predicted molar refractivity (Wildman–Crippen MR) is 241 cm³/mol. The van der Waals surface area contributed by atoms with Crippen LogP contribution in [0, 0.1) is 11.8 Å². The Labute approximate surface area is 359 Å². The van der Waals surface area contributed by atoms with Gasteiger partial charge < -0.3 is 27.9 Å². The molecule has 0 aliphatic rings. The second-order valence-electron chi connectivity index (χ2n) is 18.3. The van der Waals surface area contributed by atoms with Crippen molar-refractivity contribution in [3.8, 4) is 0 Å². The third kappa shape index (κ3) is 36.8. The van der Waals surface area contributed by atoms with E-state index in [-0.39, 0.29) is 37.0 Å². The Morgan fingerprint density at radius 1 is 0.483 bits per heavy atom. The highest BCUT2D eigenvalue weighted by Crippen LogP contribution is 2.38. The van der Waals surface area contributed by atoms with Gasteiger partial charge in [-0.2, -0.15) is 0 Å². The van der Waals surface area contributed by atoms with E-state index in [1.165, 1.54) is 122 Å². The summed E-state index contributed by atoms with van der Waals surface area (Å²) in [6, 6.07) is 0. The van der Waals surface area contributed by atoms with Gasteiger partial charge in [-0.15, -0.1) is 0 Å². The molecular weight excluding hydrogens is 750 g/mol. The summed E-state index contributed by atoms with van der Waals surface area (Å²) >= 11 is 0. The monoisotopic (exact) mass is 846 g/mol. The molecule has 0 radical (unpaired) electrons. The Morgan fingerprint density at radius 3 is 1.16 bits per heavy atom. The molecule has 0 amide bonds. The van der Waals surface area contributed by atoms with Crippen molar-refractivity contribution in [3.05, 3.63) is 0 Å². The first-order valence-corrected chi connectivity index (χ1v) is 26.1. The van der Waals surface area contributed by atoms with Gasteiger partial charge in [0.25, 0.3) is 7.82 Å². The van der Waals surface area contributed by atoms with Crippen molar-refractivity contribution in [3.63, 3.8) is 0 Å². The Balaban J connectivity index is 5.75. The van der Waals surface area contributed by atoms with Crippen LogP contribution in [0.2, 0.25) is 0 Å². The molecule has 0 aliphatic carbocycles. The van der Waals surface area contributed by atoms with Gasteiger partial charge in [0.2, 0.25) is 0 Å². The maximum absolute atomic E-state index is 13.9. The molecule has 0 bridgehead atoms. The maximum atomic E-state index is 13.9. The fourth-order valence-electron chi connectivity index (χ4n) is 7.46. The first-order chi connectivity index (χ1) is 27.9. The highest BCUT2D eigenvalue weighted by Gasteiger charge is 2.28. The first-order valence-electron chi connectivity index (χ1n) is 24.7. The zero-order valence-electron chi connectivity index (χ0n) is 39.3. The summed E-state index contributed by atoms with van der Waals surface area (Å²) in [5, 5.41) is 0. The normalized spacial score (nSPS) is 14.6. The lowest BCUT2D eigenvalue weighted by Crippen LogP contribution is -2.38. The van der Waals surface area contributed by atoms with Gasteiger partial charge in [0.15, 0.2) is 6.10 Å². The minimum absolute atomic E-state index is 0.0263. The minimum atomic E-state index is -4.68. The number of esters is 2. The predicted octanol–water partition coefficient (Wildman–Crippen LogP) is 13.4. The van der Waals surface area contributed by atoms with Gasteiger partial charge in [-0.25, -0.2) is 0 Å². The molecule has 0 aliphatic heterocycles. The number of phosphoric ester groups is 1. The lowest BCUT2D eigenvalue weighted by atomic mass is 9.94. The quantitative estimate of drug-likeness (QED) is 0.0258. The Kier molecular flexibility index (Phi) is 38.2. The Morgan fingerprint density at radius 2 is 0.810 bits per heavy atom. The van der Waals surface area contributed by atoms with E-state index in [2.05, 4.69) is 27.7 Å². The van der Waals surface area contributed by atoms with E-state index in [0.717, 1.165) is 83.5 Å². The SMILES string of the molecule is CCCCCCCCCCC(CCCCCCCC)C(=O)OC[C@H](COP(=O)([O-])OCC[N+](C)(C)C)OC(=O)C(CCCCCCCC)CCCCCCCCCC. The van der Waals surface area contributed by atoms with Crippen molar-refractivity contribution in [2.24, 2.45) is 11.8 Å². The molecule has 4 atom stereocenters. The zero-order chi connectivity index (χ0) is 43.2. The largest absolute Gasteiger partial charge is 0.756 e. The number of phosphoric acid groups is 1. The van der Waals surface area contributed by atoms with E-state index >= 15 is 0 Å². The lowest BCUT2D eigenvalue weighted by Gasteiger charge is -2.29. The molecule has 3 unspecified atom stereocenters. The molecule has 0 aromatic rings. The van der Waals surface area contributed by atoms with Gasteiger partial charge in [-0.1, -0.05) is 207 Å². The van der Waals surface area contributed by atoms with Crippen LogP contribution in [-0.2, 0) is 32.7 Å². The molecule has 0 rings (SSSR count). The number of hydrogen-bond acceptors (Lipinski definition) is 8. The average molecular weight is 846 g/mol. The van der Waals surface area contributed by atoms with Crippen molar-refractivity contribution in [1.29, 1.82) is 0 Å². The smallest absolute Gasteiger partial charge is 0.309 e. The van der Waals surface area contributed by atoms with Crippen LogP contribution in [0.25, 0.3) is 0 Å². The molecule has 0 saturated carbocycles. The van der Waals surface area contributed by atoms with Crippen LogP contribution in [0.15, 0.2) is 0 Å². The van der Waals surface area contributed by atoms with E-state index in [1.54, 1.807) is 0 Å². The number of carbonyl (C=O) groups is 2. The Hall–Kier alpha value is -0.990. The number of hydrogen-bond donors (Lipinski definition) is 0. The van der Waals surface area contributed by atoms with Crippen LogP contribution in [0.4, 0.5) is 0 Å². The van der Waals surface area contributed by atoms with Gasteiger partial charge in [0, 0.05) is 0 Å². The van der Waals surface area contributed by atoms with Crippen LogP contribution < -0.4 is 4.89 Å². The summed E-state index contributed by atoms with van der Waals surface area (Å²) < 4.78 is 35.8. The molecule has 0 heterocycles. The molecule has 10 heteroatoms. The summed E-state index contributed by atoms with van der Waals surface area (Å²) in [5.74, 6) is -1.15. The van der Waals surface area contributed by atoms with E-state index in [4.69, 9.17) is 18.5 Å². The van der Waals surface area contributed by atoms with Crippen LogP contribution >= 0.6 is 7.82 Å². The first kappa shape index (κ1) is 57.0. The van der Waals surface area contributed by atoms with E-state index < -0.39 is 20.5 Å². The summed E-state index contributed by atoms with van der Waals surface area (Å²) in [5.41, 5.74) is 0. The lowest BCUT2D eigenvalue weighted by molar-refractivity contribution is -0.870. The van der Waals surface area contributed by atoms with E-state index in [9.17, 15) is 19.0 Å². The highest BCUT2D eigenvalue weighted by molar-refractivity contribution is 7.45. The summed E-state index contributed by atoms with van der Waals surface area (Å²) in [6.07, 6.45) is 34.8. The molecular formula is C48H96NO8P. The number of carbonyl (C=O) groups excluding carboxylic acids is 2. The molecule has 0 fully saturated rings. The van der Waals surface area contributed by atoms with Crippen molar-refractivity contribution in [2.45, 2.75) is 239 Å². The van der Waals surface area contributed by atoms with Gasteiger partial charge in [0.05, 0.1) is 39.6 Å². The second kappa shape index (κ2) is 38.9. The second-order valence-corrected chi connectivity index (χ2v) is 19.7. The zero-order valence-corrected chi connectivity index (χ0v) is 40.2. The van der Waals surface area contributed by atoms with Crippen LogP contribution in [0.1, 0.15) is 233 Å². The number of unbranched alkanes of at least 4 members (excludes halogenated alkanes) is 24. The van der Waals surface area contributed by atoms with Gasteiger partial charge in [0.1, 0.15) is 19.8 Å². The highest BCUT2D eigenvalue weighted by atomic mass is 31.2. The van der Waals surface area contributed by atoms with Crippen molar-refractivity contribution in [2.75, 3.05) is 47.5 Å². The number of quaternary nitrogens is 1. The van der Waals surface area contributed by atoms with Gasteiger partial charge >= 0.3 is 11.9 Å². The van der Waals surface area contributed by atoms with Crippen LogP contribution in [0.5, 0.6) is 0 Å². The molecule has 0 N–H and O–H groups in total. The number of nitrogens with zero attached hydrogens (tertiary/aromatic N) is 1. The van der Waals surface area contributed by atoms with Crippen molar-refractivity contribution < 1.29 is 42.1 Å². The molecule has 9 nitrogen and oxygen atoms in total. The minimum Gasteiger partial charge on any atom is -0.756 e. The fourth-order valence-corrected chi connectivity index (χ4v) is 8.19. The Bertz CT molecular complexity index is 989. The molecule has 58 heavy (non-hydrogen) atoms. The van der Waals surface area contributed by atoms with Crippen molar-refractivity contribution >= 4 is 19.8 Å². The summed E-state index contributed by atoms with van der Waals surface area (Å²) in [7, 11) is 1.17. The maximum Gasteiger partial charge on any atom is 0.309 e. The molecule has 0 spiro atoms. The van der Waals surface area contributed by atoms with Gasteiger partial charge in [-0.3, -0.25) is 14.2 Å².